The molecule has 6 nitrogen and oxygen atoms in total. The van der Waals surface area contributed by atoms with E-state index in [0.717, 1.165) is 52.6 Å². The fraction of sp³-hybridized carbons (Fsp3) is 1.00. The molecule has 0 radical (unpaired) electrons. The Balaban J connectivity index is 1.01. The number of nitrogens with zero attached hydrogens (tertiary/aromatic N) is 2. The molecule has 4 heterocycles. The normalized spacial score (nSPS) is 32.4. The topological polar surface area (TPSA) is 56.6 Å². The van der Waals surface area contributed by atoms with E-state index in [1.807, 2.05) is 0 Å². The van der Waals surface area contributed by atoms with Gasteiger partial charge >= 0.3 is 0 Å². The van der Waals surface area contributed by atoms with E-state index in [1.54, 1.807) is 0 Å². The van der Waals surface area contributed by atoms with E-state index in [0.29, 0.717) is 24.4 Å². The van der Waals surface area contributed by atoms with Gasteiger partial charge < -0.3 is 18.9 Å². The first-order chi connectivity index (χ1) is 12.3. The standard InChI is InChI=1S/C19H34N2O4/c1(2-4-6-20(8-16-12-22-16)9-17-13-23-17)3-5-7-21(10-18-14-24-18)11-19-15-25-19/h16-19H,1-15H2. The first kappa shape index (κ1) is 18.1. The van der Waals surface area contributed by atoms with Crippen molar-refractivity contribution in [2.24, 2.45) is 0 Å². The molecule has 0 aromatic carbocycles. The second kappa shape index (κ2) is 9.11. The fourth-order valence-electron chi connectivity index (χ4n) is 3.56. The number of hydrogen-bond donors (Lipinski definition) is 0. The van der Waals surface area contributed by atoms with Crippen LogP contribution in [0.4, 0.5) is 0 Å². The summed E-state index contributed by atoms with van der Waals surface area (Å²) in [5.41, 5.74) is 0. The van der Waals surface area contributed by atoms with Gasteiger partial charge in [-0.15, -0.1) is 0 Å². The molecule has 6 heteroatoms. The lowest BCUT2D eigenvalue weighted by molar-refractivity contribution is 0.212. The van der Waals surface area contributed by atoms with E-state index in [1.165, 1.54) is 45.2 Å². The van der Waals surface area contributed by atoms with Gasteiger partial charge in [0.2, 0.25) is 0 Å². The number of hydrogen-bond acceptors (Lipinski definition) is 6. The van der Waals surface area contributed by atoms with Gasteiger partial charge in [0.15, 0.2) is 0 Å². The zero-order chi connectivity index (χ0) is 16.9. The Morgan fingerprint density at radius 3 is 1.04 bits per heavy atom. The summed E-state index contributed by atoms with van der Waals surface area (Å²) in [5.74, 6) is 0. The van der Waals surface area contributed by atoms with Crippen LogP contribution in [0.5, 0.6) is 0 Å². The molecule has 25 heavy (non-hydrogen) atoms. The molecular weight excluding hydrogens is 320 g/mol. The summed E-state index contributed by atoms with van der Waals surface area (Å²) in [6.45, 7) is 10.6. The van der Waals surface area contributed by atoms with E-state index in [4.69, 9.17) is 18.9 Å². The van der Waals surface area contributed by atoms with Crippen LogP contribution in [0.1, 0.15) is 32.1 Å². The predicted octanol–water partition coefficient (Wildman–Crippen LogP) is 1.14. The Morgan fingerprint density at radius 2 is 0.760 bits per heavy atom. The van der Waals surface area contributed by atoms with Gasteiger partial charge in [-0.05, 0) is 25.9 Å². The lowest BCUT2D eigenvalue weighted by Gasteiger charge is -2.21. The Morgan fingerprint density at radius 1 is 0.480 bits per heavy atom. The summed E-state index contributed by atoms with van der Waals surface area (Å²) in [5, 5.41) is 0. The highest BCUT2D eigenvalue weighted by Gasteiger charge is 2.31. The first-order valence-electron chi connectivity index (χ1n) is 10.3. The zero-order valence-electron chi connectivity index (χ0n) is 15.4. The minimum atomic E-state index is 0.496. The van der Waals surface area contributed by atoms with E-state index < -0.39 is 0 Å². The van der Waals surface area contributed by atoms with Crippen LogP contribution < -0.4 is 0 Å². The van der Waals surface area contributed by atoms with Crippen LogP contribution in [0.15, 0.2) is 0 Å². The van der Waals surface area contributed by atoms with E-state index in [-0.39, 0.29) is 0 Å². The van der Waals surface area contributed by atoms with Crippen LogP contribution in [0.25, 0.3) is 0 Å². The molecule has 0 aromatic rings. The van der Waals surface area contributed by atoms with Gasteiger partial charge in [-0.1, -0.05) is 19.3 Å². The maximum Gasteiger partial charge on any atom is 0.0936 e. The minimum absolute atomic E-state index is 0.496. The summed E-state index contributed by atoms with van der Waals surface area (Å²) in [4.78, 5) is 5.09. The van der Waals surface area contributed by atoms with E-state index in [9.17, 15) is 0 Å². The van der Waals surface area contributed by atoms with E-state index in [2.05, 4.69) is 9.80 Å². The largest absolute Gasteiger partial charge is 0.372 e. The van der Waals surface area contributed by atoms with Crippen molar-refractivity contribution >= 4 is 0 Å². The molecule has 4 atom stereocenters. The van der Waals surface area contributed by atoms with Gasteiger partial charge in [0.25, 0.3) is 0 Å². The van der Waals surface area contributed by atoms with Crippen molar-refractivity contribution in [2.45, 2.75) is 56.5 Å². The first-order valence-corrected chi connectivity index (χ1v) is 10.3. The van der Waals surface area contributed by atoms with Crippen molar-refractivity contribution in [2.75, 3.05) is 65.7 Å². The SMILES string of the molecule is C(CCCN(CC1CO1)CC1CO1)CCCN(CC1CO1)CC1CO1. The Labute approximate surface area is 151 Å². The number of epoxide rings is 4. The van der Waals surface area contributed by atoms with Crippen LogP contribution in [0, 0.1) is 0 Å². The second-order valence-electron chi connectivity index (χ2n) is 8.11. The fourth-order valence-corrected chi connectivity index (χ4v) is 3.56. The Bertz CT molecular complexity index is 331. The predicted molar refractivity (Wildman–Crippen MR) is 94.9 cm³/mol. The summed E-state index contributed by atoms with van der Waals surface area (Å²) >= 11 is 0. The van der Waals surface area contributed by atoms with Gasteiger partial charge in [0, 0.05) is 26.2 Å². The maximum absolute atomic E-state index is 5.38. The molecule has 4 aliphatic heterocycles. The average Bonchev–Trinajstić information content (AvgIpc) is 3.45. The van der Waals surface area contributed by atoms with Gasteiger partial charge in [-0.25, -0.2) is 0 Å². The summed E-state index contributed by atoms with van der Waals surface area (Å²) in [6.07, 6.45) is 8.61. The number of rotatable bonds is 16. The molecule has 4 saturated heterocycles. The molecule has 4 rings (SSSR count). The summed E-state index contributed by atoms with van der Waals surface area (Å²) < 4.78 is 21.5. The van der Waals surface area contributed by atoms with Crippen LogP contribution in [-0.4, -0.2) is 99.9 Å². The van der Waals surface area contributed by atoms with Crippen LogP contribution in [-0.2, 0) is 18.9 Å². The zero-order valence-corrected chi connectivity index (χ0v) is 15.4. The van der Waals surface area contributed by atoms with Crippen molar-refractivity contribution in [1.82, 2.24) is 9.80 Å². The average molecular weight is 354 g/mol. The molecular formula is C19H34N2O4. The molecule has 0 spiro atoms. The monoisotopic (exact) mass is 354 g/mol. The molecule has 0 bridgehead atoms. The minimum Gasteiger partial charge on any atom is -0.372 e. The van der Waals surface area contributed by atoms with Gasteiger partial charge in [-0.2, -0.15) is 0 Å². The molecule has 4 aliphatic rings. The van der Waals surface area contributed by atoms with Crippen molar-refractivity contribution in [3.63, 3.8) is 0 Å². The Hall–Kier alpha value is -0.240. The smallest absolute Gasteiger partial charge is 0.0936 e. The maximum atomic E-state index is 5.38. The second-order valence-corrected chi connectivity index (χ2v) is 8.11. The quantitative estimate of drug-likeness (QED) is 0.306. The number of unbranched alkanes of at least 4 members (excludes halogenated alkanes) is 4. The van der Waals surface area contributed by atoms with Crippen molar-refractivity contribution in [3.8, 4) is 0 Å². The number of ether oxygens (including phenoxy) is 4. The van der Waals surface area contributed by atoms with Crippen molar-refractivity contribution in [1.29, 1.82) is 0 Å². The molecule has 4 unspecified atom stereocenters. The van der Waals surface area contributed by atoms with E-state index >= 15 is 0 Å². The third-order valence-corrected chi connectivity index (χ3v) is 5.41. The van der Waals surface area contributed by atoms with Gasteiger partial charge in [0.1, 0.15) is 0 Å². The summed E-state index contributed by atoms with van der Waals surface area (Å²) in [6, 6.07) is 0. The summed E-state index contributed by atoms with van der Waals surface area (Å²) in [7, 11) is 0. The lowest BCUT2D eigenvalue weighted by Crippen LogP contribution is -2.32. The van der Waals surface area contributed by atoms with Gasteiger partial charge in [0.05, 0.1) is 50.8 Å². The Kier molecular flexibility index (Phi) is 6.61. The van der Waals surface area contributed by atoms with Crippen molar-refractivity contribution < 1.29 is 18.9 Å². The highest BCUT2D eigenvalue weighted by atomic mass is 16.6. The van der Waals surface area contributed by atoms with Crippen LogP contribution >= 0.6 is 0 Å². The van der Waals surface area contributed by atoms with Crippen LogP contribution in [0.3, 0.4) is 0 Å². The molecule has 0 saturated carbocycles. The molecule has 0 aromatic heterocycles. The third kappa shape index (κ3) is 7.89. The molecule has 4 fully saturated rings. The molecule has 0 N–H and O–H groups in total. The molecule has 144 valence electrons. The lowest BCUT2D eigenvalue weighted by atomic mass is 10.1. The highest BCUT2D eigenvalue weighted by molar-refractivity contribution is 4.81. The van der Waals surface area contributed by atoms with Crippen LogP contribution in [0.2, 0.25) is 0 Å². The molecule has 0 amide bonds. The van der Waals surface area contributed by atoms with Crippen molar-refractivity contribution in [3.05, 3.63) is 0 Å². The van der Waals surface area contributed by atoms with Gasteiger partial charge in [-0.3, -0.25) is 9.80 Å². The highest BCUT2D eigenvalue weighted by Crippen LogP contribution is 2.18. The third-order valence-electron chi connectivity index (χ3n) is 5.41. The molecule has 0 aliphatic carbocycles.